The molecular weight excluding hydrogens is 346 g/mol. The number of H-pyrrole nitrogens is 2. The molecule has 0 aliphatic rings. The van der Waals surface area contributed by atoms with Crippen LogP contribution in [0.4, 0.5) is 9.93 Å². The number of benzene rings is 1. The Morgan fingerprint density at radius 1 is 1.36 bits per heavy atom. The molecule has 1 aromatic carbocycles. The number of rotatable bonds is 6. The van der Waals surface area contributed by atoms with Gasteiger partial charge in [-0.05, 0) is 17.7 Å². The van der Waals surface area contributed by atoms with Crippen LogP contribution >= 0.6 is 11.3 Å². The highest BCUT2D eigenvalue weighted by Gasteiger charge is 2.09. The molecule has 3 rings (SSSR count). The predicted molar refractivity (Wildman–Crippen MR) is 90.8 cm³/mol. The van der Waals surface area contributed by atoms with Crippen molar-refractivity contribution in [3.63, 3.8) is 0 Å². The van der Waals surface area contributed by atoms with Gasteiger partial charge in [0.05, 0.1) is 13.7 Å². The maximum absolute atomic E-state index is 11.8. The lowest BCUT2D eigenvalue weighted by Gasteiger charge is -2.02. The lowest BCUT2D eigenvalue weighted by atomic mass is 10.1. The average Bonchev–Trinajstić information content (AvgIpc) is 3.22. The Morgan fingerprint density at radius 3 is 3.00 bits per heavy atom. The highest BCUT2D eigenvalue weighted by molar-refractivity contribution is 7.15. The summed E-state index contributed by atoms with van der Waals surface area (Å²) >= 11 is 1.28. The molecule has 0 aliphatic heterocycles. The van der Waals surface area contributed by atoms with E-state index in [4.69, 9.17) is 4.74 Å². The number of aromatic amines is 2. The first-order valence-electron chi connectivity index (χ1n) is 7.26. The molecule has 0 radical (unpaired) electrons. The molecule has 3 aromatic rings. The lowest BCUT2D eigenvalue weighted by molar-refractivity contribution is 0.251. The number of ether oxygens (including phenoxy) is 1. The summed E-state index contributed by atoms with van der Waals surface area (Å²) in [5.74, 6) is 1.10. The van der Waals surface area contributed by atoms with Crippen molar-refractivity contribution in [3.8, 4) is 5.75 Å². The van der Waals surface area contributed by atoms with Gasteiger partial charge in [-0.3, -0.25) is 10.3 Å². The molecule has 2 amide bonds. The summed E-state index contributed by atoms with van der Waals surface area (Å²) in [7, 11) is 1.61. The number of nitrogens with one attached hydrogen (secondary N) is 4. The number of amides is 2. The number of aromatic nitrogens is 5. The van der Waals surface area contributed by atoms with Gasteiger partial charge in [-0.25, -0.2) is 14.7 Å². The topological polar surface area (TPSA) is 138 Å². The summed E-state index contributed by atoms with van der Waals surface area (Å²) in [6, 6.07) is 7.20. The van der Waals surface area contributed by atoms with Gasteiger partial charge < -0.3 is 10.1 Å². The van der Waals surface area contributed by atoms with Gasteiger partial charge in [0, 0.05) is 6.42 Å². The molecule has 11 heteroatoms. The summed E-state index contributed by atoms with van der Waals surface area (Å²) in [5.41, 5.74) is 0.609. The molecule has 0 saturated carbocycles. The smallest absolute Gasteiger partial charge is 0.340 e. The van der Waals surface area contributed by atoms with E-state index in [1.165, 1.54) is 11.3 Å². The highest BCUT2D eigenvalue weighted by Crippen LogP contribution is 2.20. The van der Waals surface area contributed by atoms with Crippen LogP contribution in [0.5, 0.6) is 5.75 Å². The SMILES string of the molecule is COc1cccc(Cc2nnc(NC(=O)NCc3n[nH]c(=O)[nH]3)s2)c1. The summed E-state index contributed by atoms with van der Waals surface area (Å²) in [5, 5.41) is 20.2. The number of methoxy groups -OCH3 is 1. The van der Waals surface area contributed by atoms with E-state index in [0.29, 0.717) is 17.4 Å². The van der Waals surface area contributed by atoms with E-state index in [1.54, 1.807) is 7.11 Å². The molecule has 10 nitrogen and oxygen atoms in total. The van der Waals surface area contributed by atoms with Crippen molar-refractivity contribution in [3.05, 3.63) is 51.1 Å². The highest BCUT2D eigenvalue weighted by atomic mass is 32.1. The van der Waals surface area contributed by atoms with Crippen LogP contribution < -0.4 is 21.1 Å². The third kappa shape index (κ3) is 4.64. The number of carbonyl (C=O) groups is 1. The predicted octanol–water partition coefficient (Wildman–Crippen LogP) is 0.871. The fourth-order valence-corrected chi connectivity index (χ4v) is 2.80. The average molecular weight is 361 g/mol. The molecule has 2 aromatic heterocycles. The molecule has 0 saturated heterocycles. The Kier molecular flexibility index (Phi) is 5.04. The van der Waals surface area contributed by atoms with Crippen LogP contribution in [-0.4, -0.2) is 38.5 Å². The standard InChI is InChI=1S/C14H15N7O3S/c1-24-9-4-2-3-8(5-9)6-11-19-21-14(25-11)17-12(22)15-7-10-16-13(23)20-18-10/h2-5H,6-7H2,1H3,(H2,15,17,21,22)(H2,16,18,20,23). The number of urea groups is 1. The van der Waals surface area contributed by atoms with Crippen LogP contribution in [0.2, 0.25) is 0 Å². The summed E-state index contributed by atoms with van der Waals surface area (Å²) in [6.07, 6.45) is 0.590. The van der Waals surface area contributed by atoms with Crippen molar-refractivity contribution in [2.45, 2.75) is 13.0 Å². The minimum atomic E-state index is -0.465. The second-order valence-electron chi connectivity index (χ2n) is 4.96. The Labute approximate surface area is 145 Å². The third-order valence-corrected chi connectivity index (χ3v) is 3.98. The fraction of sp³-hybridized carbons (Fsp3) is 0.214. The lowest BCUT2D eigenvalue weighted by Crippen LogP contribution is -2.28. The van der Waals surface area contributed by atoms with E-state index < -0.39 is 11.7 Å². The maximum Gasteiger partial charge on any atom is 0.340 e. The monoisotopic (exact) mass is 361 g/mol. The van der Waals surface area contributed by atoms with Crippen molar-refractivity contribution in [1.82, 2.24) is 30.7 Å². The first-order chi connectivity index (χ1) is 12.1. The van der Waals surface area contributed by atoms with E-state index in [-0.39, 0.29) is 6.54 Å². The number of nitrogens with zero attached hydrogens (tertiary/aromatic N) is 3. The van der Waals surface area contributed by atoms with Crippen LogP contribution in [0.25, 0.3) is 0 Å². The van der Waals surface area contributed by atoms with E-state index >= 15 is 0 Å². The van der Waals surface area contributed by atoms with E-state index in [0.717, 1.165) is 16.3 Å². The second-order valence-corrected chi connectivity index (χ2v) is 6.02. The largest absolute Gasteiger partial charge is 0.497 e. The fourth-order valence-electron chi connectivity index (χ4n) is 2.03. The third-order valence-electron chi connectivity index (χ3n) is 3.14. The minimum absolute atomic E-state index is 0.0834. The van der Waals surface area contributed by atoms with Crippen LogP contribution in [0.3, 0.4) is 0 Å². The molecule has 0 unspecified atom stereocenters. The molecule has 0 bridgehead atoms. The second kappa shape index (κ2) is 7.57. The van der Waals surface area contributed by atoms with Crippen molar-refractivity contribution >= 4 is 22.5 Å². The Bertz CT molecular complexity index is 917. The number of carbonyl (C=O) groups excluding carboxylic acids is 1. The van der Waals surface area contributed by atoms with E-state index in [2.05, 4.69) is 36.0 Å². The van der Waals surface area contributed by atoms with Gasteiger partial charge in [0.2, 0.25) is 5.13 Å². The maximum atomic E-state index is 11.8. The Balaban J connectivity index is 1.53. The summed E-state index contributed by atoms with van der Waals surface area (Å²) < 4.78 is 5.19. The van der Waals surface area contributed by atoms with Gasteiger partial charge in [-0.15, -0.1) is 10.2 Å². The zero-order valence-corrected chi connectivity index (χ0v) is 14.0. The summed E-state index contributed by atoms with van der Waals surface area (Å²) in [4.78, 5) is 25.1. The molecule has 0 aliphatic carbocycles. The Hall–Kier alpha value is -3.21. The summed E-state index contributed by atoms with van der Waals surface area (Å²) in [6.45, 7) is 0.0834. The van der Waals surface area contributed by atoms with Gasteiger partial charge >= 0.3 is 11.7 Å². The molecule has 4 N–H and O–H groups in total. The van der Waals surface area contributed by atoms with Crippen molar-refractivity contribution in [1.29, 1.82) is 0 Å². The molecule has 0 spiro atoms. The van der Waals surface area contributed by atoms with Crippen molar-refractivity contribution in [2.75, 3.05) is 12.4 Å². The zero-order chi connectivity index (χ0) is 17.6. The first-order valence-corrected chi connectivity index (χ1v) is 8.08. The van der Waals surface area contributed by atoms with Gasteiger partial charge in [0.15, 0.2) is 0 Å². The van der Waals surface area contributed by atoms with Crippen molar-refractivity contribution < 1.29 is 9.53 Å². The molecule has 2 heterocycles. The minimum Gasteiger partial charge on any atom is -0.497 e. The van der Waals surface area contributed by atoms with E-state index in [9.17, 15) is 9.59 Å². The molecule has 0 fully saturated rings. The molecule has 130 valence electrons. The zero-order valence-electron chi connectivity index (χ0n) is 13.2. The first kappa shape index (κ1) is 16.6. The van der Waals surface area contributed by atoms with Crippen molar-refractivity contribution in [2.24, 2.45) is 0 Å². The number of hydrogen-bond acceptors (Lipinski definition) is 7. The van der Waals surface area contributed by atoms with Crippen LogP contribution in [0, 0.1) is 0 Å². The number of anilines is 1. The van der Waals surface area contributed by atoms with Gasteiger partial charge in [0.1, 0.15) is 16.6 Å². The quantitative estimate of drug-likeness (QED) is 0.514. The Morgan fingerprint density at radius 2 is 2.24 bits per heavy atom. The molecular formula is C14H15N7O3S. The van der Waals surface area contributed by atoms with Gasteiger partial charge in [0.25, 0.3) is 0 Å². The van der Waals surface area contributed by atoms with Crippen LogP contribution in [0.15, 0.2) is 29.1 Å². The molecule has 0 atom stereocenters. The van der Waals surface area contributed by atoms with Crippen LogP contribution in [-0.2, 0) is 13.0 Å². The van der Waals surface area contributed by atoms with Gasteiger partial charge in [-0.1, -0.05) is 23.5 Å². The van der Waals surface area contributed by atoms with Crippen LogP contribution in [0.1, 0.15) is 16.4 Å². The van der Waals surface area contributed by atoms with Gasteiger partial charge in [-0.2, -0.15) is 5.10 Å². The normalized spacial score (nSPS) is 10.4. The molecule has 25 heavy (non-hydrogen) atoms. The van der Waals surface area contributed by atoms with E-state index in [1.807, 2.05) is 24.3 Å². The number of hydrogen-bond donors (Lipinski definition) is 4.